The Labute approximate surface area is 208 Å². The maximum Gasteiger partial charge on any atom is 0.228 e. The number of carbonyl (C=O) groups excluding carboxylic acids is 1. The Kier molecular flexibility index (Phi) is 8.39. The van der Waals surface area contributed by atoms with E-state index in [0.717, 1.165) is 20.7 Å². The third-order valence-electron chi connectivity index (χ3n) is 4.75. The van der Waals surface area contributed by atoms with Crippen LogP contribution < -0.4 is 0 Å². The minimum atomic E-state index is 0.0560. The zero-order valence-electron chi connectivity index (χ0n) is 18.3. The predicted molar refractivity (Wildman–Crippen MR) is 137 cm³/mol. The lowest BCUT2D eigenvalue weighted by Gasteiger charge is -2.12. The van der Waals surface area contributed by atoms with Crippen LogP contribution in [-0.2, 0) is 6.42 Å². The molecule has 0 unspecified atom stereocenters. The molecule has 0 atom stereocenters. The van der Waals surface area contributed by atoms with Crippen LogP contribution in [0.1, 0.15) is 48.0 Å². The van der Waals surface area contributed by atoms with Gasteiger partial charge in [0.2, 0.25) is 5.89 Å². The summed E-state index contributed by atoms with van der Waals surface area (Å²) in [4.78, 5) is 20.3. The van der Waals surface area contributed by atoms with E-state index in [-0.39, 0.29) is 11.7 Å². The molecule has 0 amide bonds. The quantitative estimate of drug-likeness (QED) is 0.187. The van der Waals surface area contributed by atoms with Crippen molar-refractivity contribution in [2.75, 3.05) is 14.1 Å². The highest BCUT2D eigenvalue weighted by atomic mass is 35.5. The number of hydrogen-bond acceptors (Lipinski definition) is 5. The van der Waals surface area contributed by atoms with E-state index >= 15 is 0 Å². The Hall–Kier alpha value is -1.86. The van der Waals surface area contributed by atoms with Crippen LogP contribution in [0.25, 0.3) is 11.5 Å². The Bertz CT molecular complexity index is 1130. The van der Waals surface area contributed by atoms with Gasteiger partial charge in [0.25, 0.3) is 0 Å². The summed E-state index contributed by atoms with van der Waals surface area (Å²) in [6.45, 7) is 4.07. The number of aryl methyl sites for hydroxylation is 1. The summed E-state index contributed by atoms with van der Waals surface area (Å²) in [5, 5.41) is 1.02. The minimum absolute atomic E-state index is 0.0560. The molecule has 32 heavy (non-hydrogen) atoms. The van der Waals surface area contributed by atoms with E-state index in [1.165, 1.54) is 11.8 Å². The molecule has 0 radical (unpaired) electrons. The maximum atomic E-state index is 12.8. The van der Waals surface area contributed by atoms with Crippen LogP contribution in [0.2, 0.25) is 10.0 Å². The van der Waals surface area contributed by atoms with E-state index < -0.39 is 0 Å². The molecule has 0 N–H and O–H groups in total. The second-order valence-electron chi connectivity index (χ2n) is 7.82. The van der Waals surface area contributed by atoms with Gasteiger partial charge in [0, 0.05) is 48.3 Å². The zero-order valence-corrected chi connectivity index (χ0v) is 21.5. The maximum absolute atomic E-state index is 12.8. The van der Waals surface area contributed by atoms with Gasteiger partial charge < -0.3 is 9.32 Å². The molecule has 0 bridgehead atoms. The average molecular weight is 508 g/mol. The van der Waals surface area contributed by atoms with Crippen molar-refractivity contribution in [3.8, 4) is 11.5 Å². The Morgan fingerprint density at radius 3 is 2.44 bits per heavy atom. The smallest absolute Gasteiger partial charge is 0.228 e. The third-order valence-corrected chi connectivity index (χ3v) is 6.96. The van der Waals surface area contributed by atoms with Crippen molar-refractivity contribution in [3.63, 3.8) is 0 Å². The second kappa shape index (κ2) is 10.8. The van der Waals surface area contributed by atoms with Crippen LogP contribution >= 0.6 is 47.2 Å². The van der Waals surface area contributed by atoms with Gasteiger partial charge in [0.15, 0.2) is 5.78 Å². The van der Waals surface area contributed by atoms with Gasteiger partial charge in [-0.1, -0.05) is 73.2 Å². The summed E-state index contributed by atoms with van der Waals surface area (Å²) in [5.41, 5.74) is 2.12. The van der Waals surface area contributed by atoms with Crippen LogP contribution in [0.3, 0.4) is 0 Å². The lowest BCUT2D eigenvalue weighted by Crippen LogP contribution is -2.15. The van der Waals surface area contributed by atoms with Gasteiger partial charge in [-0.25, -0.2) is 4.98 Å². The number of nitrogens with zero attached hydrogens (tertiary/aromatic N) is 2. The van der Waals surface area contributed by atoms with Crippen LogP contribution in [-0.4, -0.2) is 34.1 Å². The summed E-state index contributed by atoms with van der Waals surface area (Å²) in [6, 6.07) is 12.7. The normalized spacial score (nSPS) is 11.1. The molecular formula is C24H24Cl2N2O2S2. The molecule has 8 heteroatoms. The zero-order chi connectivity index (χ0) is 23.4. The van der Waals surface area contributed by atoms with E-state index in [0.29, 0.717) is 39.9 Å². The molecule has 3 rings (SSSR count). The highest BCUT2D eigenvalue weighted by molar-refractivity contribution is 8.22. The molecule has 1 aromatic heterocycles. The summed E-state index contributed by atoms with van der Waals surface area (Å²) >= 11 is 19.1. The number of ketones is 1. The lowest BCUT2D eigenvalue weighted by atomic mass is 10.0. The van der Waals surface area contributed by atoms with Crippen LogP contribution in [0, 0.1) is 0 Å². The molecule has 0 saturated heterocycles. The summed E-state index contributed by atoms with van der Waals surface area (Å²) < 4.78 is 6.80. The molecule has 2 aromatic carbocycles. The van der Waals surface area contributed by atoms with Crippen molar-refractivity contribution in [1.29, 1.82) is 0 Å². The molecule has 0 spiro atoms. The Balaban J connectivity index is 1.72. The predicted octanol–water partition coefficient (Wildman–Crippen LogP) is 7.53. The van der Waals surface area contributed by atoms with Crippen molar-refractivity contribution in [1.82, 2.24) is 9.88 Å². The second-order valence-corrected chi connectivity index (χ2v) is 10.4. The highest BCUT2D eigenvalue weighted by Crippen LogP contribution is 2.33. The van der Waals surface area contributed by atoms with Gasteiger partial charge in [0.1, 0.15) is 10.1 Å². The largest absolute Gasteiger partial charge is 0.441 e. The van der Waals surface area contributed by atoms with Crippen LogP contribution in [0.5, 0.6) is 0 Å². The molecule has 0 aliphatic heterocycles. The number of benzene rings is 2. The van der Waals surface area contributed by atoms with Crippen molar-refractivity contribution in [2.45, 2.75) is 37.5 Å². The number of thiocarbonyl (C=S) groups is 1. The van der Waals surface area contributed by atoms with Crippen molar-refractivity contribution in [2.24, 2.45) is 0 Å². The summed E-state index contributed by atoms with van der Waals surface area (Å²) in [5.74, 6) is 1.39. The fourth-order valence-corrected chi connectivity index (χ4v) is 4.48. The molecule has 1 heterocycles. The van der Waals surface area contributed by atoms with Gasteiger partial charge >= 0.3 is 0 Å². The van der Waals surface area contributed by atoms with Crippen LogP contribution in [0.15, 0.2) is 51.8 Å². The topological polar surface area (TPSA) is 46.3 Å². The number of thioether (sulfide) groups is 1. The Morgan fingerprint density at radius 2 is 1.84 bits per heavy atom. The highest BCUT2D eigenvalue weighted by Gasteiger charge is 2.20. The van der Waals surface area contributed by atoms with Gasteiger partial charge in [-0.2, -0.15) is 0 Å². The SMILES string of the molecule is CC(C)c1oc(-c2ccc(Cl)cc2Cl)nc1CCC(=O)c1ccc(SC(=S)N(C)C)cc1. The molecule has 3 aromatic rings. The van der Waals surface area contributed by atoms with Gasteiger partial charge in [-0.3, -0.25) is 4.79 Å². The van der Waals surface area contributed by atoms with Crippen LogP contribution in [0.4, 0.5) is 0 Å². The molecule has 4 nitrogen and oxygen atoms in total. The Morgan fingerprint density at radius 1 is 1.16 bits per heavy atom. The number of rotatable bonds is 7. The number of Topliss-reactive ketones (excluding diaryl/α,β-unsaturated/α-hetero) is 1. The number of halogens is 2. The first-order valence-electron chi connectivity index (χ1n) is 10.1. The van der Waals surface area contributed by atoms with Crippen molar-refractivity contribution in [3.05, 3.63) is 69.5 Å². The van der Waals surface area contributed by atoms with Gasteiger partial charge in [-0.15, -0.1) is 0 Å². The van der Waals surface area contributed by atoms with Gasteiger partial charge in [-0.05, 0) is 30.3 Å². The number of aromatic nitrogens is 1. The van der Waals surface area contributed by atoms with E-state index in [1.807, 2.05) is 57.1 Å². The molecule has 0 fully saturated rings. The first-order chi connectivity index (χ1) is 15.2. The molecule has 0 aliphatic carbocycles. The summed E-state index contributed by atoms with van der Waals surface area (Å²) in [7, 11) is 3.82. The average Bonchev–Trinajstić information content (AvgIpc) is 3.16. The fraction of sp³-hybridized carbons (Fsp3) is 0.292. The number of hydrogen-bond donors (Lipinski definition) is 0. The van der Waals surface area contributed by atoms with E-state index in [1.54, 1.807) is 18.2 Å². The van der Waals surface area contributed by atoms with Crippen molar-refractivity contribution >= 4 is 57.3 Å². The van der Waals surface area contributed by atoms with E-state index in [2.05, 4.69) is 4.98 Å². The monoisotopic (exact) mass is 506 g/mol. The van der Waals surface area contributed by atoms with E-state index in [4.69, 9.17) is 39.8 Å². The standard InChI is InChI=1S/C24H24Cl2N2O2S2/c1-14(2)22-20(27-23(30-22)18-10-7-16(25)13-19(18)26)11-12-21(29)15-5-8-17(9-6-15)32-24(31)28(3)4/h5-10,13-14H,11-12H2,1-4H3. The first kappa shape index (κ1) is 24.8. The van der Waals surface area contributed by atoms with E-state index in [9.17, 15) is 4.79 Å². The van der Waals surface area contributed by atoms with Gasteiger partial charge in [0.05, 0.1) is 16.3 Å². The minimum Gasteiger partial charge on any atom is -0.441 e. The molecular weight excluding hydrogens is 483 g/mol. The molecule has 168 valence electrons. The summed E-state index contributed by atoms with van der Waals surface area (Å²) in [6.07, 6.45) is 0.824. The molecule has 0 saturated carbocycles. The fourth-order valence-electron chi connectivity index (χ4n) is 3.05. The first-order valence-corrected chi connectivity index (χ1v) is 12.1. The lowest BCUT2D eigenvalue weighted by molar-refractivity contribution is 0.0982. The van der Waals surface area contributed by atoms with Crippen molar-refractivity contribution < 1.29 is 9.21 Å². The molecule has 0 aliphatic rings. The number of oxazole rings is 1. The third kappa shape index (κ3) is 6.13. The number of carbonyl (C=O) groups is 1.